The van der Waals surface area contributed by atoms with Crippen molar-refractivity contribution in [3.63, 3.8) is 0 Å². The third kappa shape index (κ3) is 4.01. The molecule has 156 valence electrons. The van der Waals surface area contributed by atoms with Crippen LogP contribution in [0.4, 0.5) is 4.79 Å². The van der Waals surface area contributed by atoms with Crippen molar-refractivity contribution >= 4 is 18.0 Å². The Balaban J connectivity index is 1.41. The van der Waals surface area contributed by atoms with Gasteiger partial charge in [-0.1, -0.05) is 48.5 Å². The number of alkyl carbamates (subject to hydrolysis) is 1. The number of fused-ring (bicyclic) bond motifs is 3. The second-order valence-electron chi connectivity index (χ2n) is 7.67. The van der Waals surface area contributed by atoms with E-state index in [1.807, 2.05) is 36.4 Å². The number of carbonyl (C=O) groups is 3. The van der Waals surface area contributed by atoms with Gasteiger partial charge in [0.25, 0.3) is 0 Å². The molecule has 0 aromatic heterocycles. The SMILES string of the molecule is O=C(O)CN1CCCC[C@@H](NC(=O)OCC2c3ccccc3-c3ccccc32)C1=O. The molecule has 7 nitrogen and oxygen atoms in total. The number of carboxylic acid groups (broad SMARTS) is 1. The van der Waals surface area contributed by atoms with E-state index >= 15 is 0 Å². The Bertz CT molecular complexity index is 928. The maximum atomic E-state index is 12.6. The van der Waals surface area contributed by atoms with E-state index in [2.05, 4.69) is 17.4 Å². The fourth-order valence-electron chi connectivity index (χ4n) is 4.34. The third-order valence-corrected chi connectivity index (χ3v) is 5.74. The summed E-state index contributed by atoms with van der Waals surface area (Å²) in [4.78, 5) is 37.3. The topological polar surface area (TPSA) is 95.9 Å². The molecule has 0 radical (unpaired) electrons. The molecular formula is C23H24N2O5. The highest BCUT2D eigenvalue weighted by Crippen LogP contribution is 2.44. The molecule has 2 N–H and O–H groups in total. The predicted octanol–water partition coefficient (Wildman–Crippen LogP) is 2.99. The van der Waals surface area contributed by atoms with Gasteiger partial charge in [-0.15, -0.1) is 0 Å². The van der Waals surface area contributed by atoms with Gasteiger partial charge >= 0.3 is 12.1 Å². The van der Waals surface area contributed by atoms with Gasteiger partial charge in [-0.3, -0.25) is 9.59 Å². The fraction of sp³-hybridized carbons (Fsp3) is 0.348. The molecule has 0 saturated carbocycles. The molecule has 30 heavy (non-hydrogen) atoms. The van der Waals surface area contributed by atoms with Crippen LogP contribution in [0.1, 0.15) is 36.3 Å². The van der Waals surface area contributed by atoms with E-state index in [1.165, 1.54) is 4.90 Å². The number of hydrogen-bond donors (Lipinski definition) is 2. The van der Waals surface area contributed by atoms with Crippen molar-refractivity contribution in [3.8, 4) is 11.1 Å². The molecular weight excluding hydrogens is 384 g/mol. The zero-order chi connectivity index (χ0) is 21.1. The van der Waals surface area contributed by atoms with Gasteiger partial charge in [0.05, 0.1) is 0 Å². The van der Waals surface area contributed by atoms with Crippen LogP contribution in [-0.4, -0.2) is 53.7 Å². The van der Waals surface area contributed by atoms with E-state index in [-0.39, 0.29) is 25.0 Å². The van der Waals surface area contributed by atoms with Crippen molar-refractivity contribution in [2.75, 3.05) is 19.7 Å². The molecule has 7 heteroatoms. The molecule has 0 spiro atoms. The lowest BCUT2D eigenvalue weighted by Crippen LogP contribution is -2.49. The molecule has 2 aliphatic rings. The molecule has 2 amide bonds. The first-order valence-electron chi connectivity index (χ1n) is 10.2. The minimum absolute atomic E-state index is 0.0588. The first-order chi connectivity index (χ1) is 14.5. The quantitative estimate of drug-likeness (QED) is 0.793. The van der Waals surface area contributed by atoms with Crippen LogP contribution >= 0.6 is 0 Å². The van der Waals surface area contributed by atoms with Crippen LogP contribution in [0, 0.1) is 0 Å². The van der Waals surface area contributed by atoms with E-state index in [0.717, 1.165) is 28.7 Å². The Morgan fingerprint density at radius 2 is 1.67 bits per heavy atom. The lowest BCUT2D eigenvalue weighted by atomic mass is 9.98. The maximum Gasteiger partial charge on any atom is 0.407 e. The molecule has 4 rings (SSSR count). The molecule has 1 heterocycles. The summed E-state index contributed by atoms with van der Waals surface area (Å²) in [6.45, 7) is 0.190. The fourth-order valence-corrected chi connectivity index (χ4v) is 4.34. The summed E-state index contributed by atoms with van der Waals surface area (Å²) < 4.78 is 5.51. The van der Waals surface area contributed by atoms with Gasteiger partial charge in [-0.25, -0.2) is 4.79 Å². The number of benzene rings is 2. The van der Waals surface area contributed by atoms with Crippen molar-refractivity contribution < 1.29 is 24.2 Å². The number of ether oxygens (including phenoxy) is 1. The van der Waals surface area contributed by atoms with Gasteiger partial charge < -0.3 is 20.1 Å². The van der Waals surface area contributed by atoms with E-state index < -0.39 is 18.1 Å². The summed E-state index contributed by atoms with van der Waals surface area (Å²) in [5.41, 5.74) is 4.52. The standard InChI is InChI=1S/C23H24N2O5/c26-21(27)13-25-12-6-5-11-20(22(25)28)24-23(29)30-14-19-17-9-3-1-7-15(17)16-8-2-4-10-18(16)19/h1-4,7-10,19-20H,5-6,11-14H2,(H,24,29)(H,26,27)/t20-/m1/s1. The molecule has 1 aliphatic carbocycles. The summed E-state index contributed by atoms with van der Waals surface area (Å²) >= 11 is 0. The van der Waals surface area contributed by atoms with Crippen LogP contribution in [-0.2, 0) is 14.3 Å². The zero-order valence-corrected chi connectivity index (χ0v) is 16.5. The van der Waals surface area contributed by atoms with Crippen LogP contribution in [0.15, 0.2) is 48.5 Å². The molecule has 2 aromatic rings. The number of carbonyl (C=O) groups excluding carboxylic acids is 2. The lowest BCUT2D eigenvalue weighted by Gasteiger charge is -2.23. The first-order valence-corrected chi connectivity index (χ1v) is 10.2. The van der Waals surface area contributed by atoms with Crippen LogP contribution in [0.3, 0.4) is 0 Å². The van der Waals surface area contributed by atoms with Crippen molar-refractivity contribution in [2.45, 2.75) is 31.2 Å². The largest absolute Gasteiger partial charge is 0.480 e. The van der Waals surface area contributed by atoms with Gasteiger partial charge in [0, 0.05) is 12.5 Å². The molecule has 1 atom stereocenters. The monoisotopic (exact) mass is 408 g/mol. The highest BCUT2D eigenvalue weighted by Gasteiger charge is 2.32. The van der Waals surface area contributed by atoms with Crippen LogP contribution in [0.2, 0.25) is 0 Å². The summed E-state index contributed by atoms with van der Waals surface area (Å²) in [7, 11) is 0. The van der Waals surface area contributed by atoms with E-state index in [4.69, 9.17) is 9.84 Å². The van der Waals surface area contributed by atoms with Crippen LogP contribution in [0.25, 0.3) is 11.1 Å². The average molecular weight is 408 g/mol. The summed E-state index contributed by atoms with van der Waals surface area (Å²) in [6.07, 6.45) is 1.25. The molecule has 1 aliphatic heterocycles. The smallest absolute Gasteiger partial charge is 0.407 e. The van der Waals surface area contributed by atoms with Gasteiger partial charge in [0.15, 0.2) is 0 Å². The first kappa shape index (κ1) is 19.9. The van der Waals surface area contributed by atoms with Gasteiger partial charge in [0.2, 0.25) is 5.91 Å². The Labute approximate surface area is 174 Å². The Kier molecular flexibility index (Phi) is 5.70. The normalized spacial score (nSPS) is 18.3. The molecule has 1 fully saturated rings. The van der Waals surface area contributed by atoms with E-state index in [9.17, 15) is 14.4 Å². The van der Waals surface area contributed by atoms with Crippen molar-refractivity contribution in [1.82, 2.24) is 10.2 Å². The van der Waals surface area contributed by atoms with Gasteiger partial charge in [-0.05, 0) is 41.5 Å². The summed E-state index contributed by atoms with van der Waals surface area (Å²) in [6, 6.07) is 15.4. The number of amides is 2. The number of aliphatic carboxylic acids is 1. The lowest BCUT2D eigenvalue weighted by molar-refractivity contribution is -0.144. The molecule has 2 aromatic carbocycles. The zero-order valence-electron chi connectivity index (χ0n) is 16.5. The molecule has 0 unspecified atom stereocenters. The highest BCUT2D eigenvalue weighted by atomic mass is 16.5. The predicted molar refractivity (Wildman–Crippen MR) is 110 cm³/mol. The number of carboxylic acids is 1. The van der Waals surface area contributed by atoms with E-state index in [1.54, 1.807) is 0 Å². The highest BCUT2D eigenvalue weighted by molar-refractivity contribution is 5.88. The van der Waals surface area contributed by atoms with Crippen molar-refractivity contribution in [1.29, 1.82) is 0 Å². The number of nitrogens with one attached hydrogen (secondary N) is 1. The van der Waals surface area contributed by atoms with Crippen LogP contribution in [0.5, 0.6) is 0 Å². The number of likely N-dealkylation sites (tertiary alicyclic amines) is 1. The Hall–Kier alpha value is -3.35. The van der Waals surface area contributed by atoms with Gasteiger partial charge in [-0.2, -0.15) is 0 Å². The van der Waals surface area contributed by atoms with E-state index in [0.29, 0.717) is 19.4 Å². The van der Waals surface area contributed by atoms with Crippen LogP contribution < -0.4 is 5.32 Å². The summed E-state index contributed by atoms with van der Waals surface area (Å²) in [5.74, 6) is -1.50. The number of nitrogens with zero attached hydrogens (tertiary/aromatic N) is 1. The average Bonchev–Trinajstić information content (AvgIpc) is 2.96. The minimum atomic E-state index is -1.06. The molecule has 1 saturated heterocycles. The van der Waals surface area contributed by atoms with Crippen molar-refractivity contribution in [3.05, 3.63) is 59.7 Å². The Morgan fingerprint density at radius 1 is 1.03 bits per heavy atom. The number of hydrogen-bond acceptors (Lipinski definition) is 4. The number of rotatable bonds is 5. The van der Waals surface area contributed by atoms with Gasteiger partial charge in [0.1, 0.15) is 19.2 Å². The summed E-state index contributed by atoms with van der Waals surface area (Å²) in [5, 5.41) is 11.6. The second kappa shape index (κ2) is 8.57. The third-order valence-electron chi connectivity index (χ3n) is 5.74. The van der Waals surface area contributed by atoms with Crippen molar-refractivity contribution in [2.24, 2.45) is 0 Å². The maximum absolute atomic E-state index is 12.6. The Morgan fingerprint density at radius 3 is 2.30 bits per heavy atom. The molecule has 0 bridgehead atoms. The minimum Gasteiger partial charge on any atom is -0.480 e. The second-order valence-corrected chi connectivity index (χ2v) is 7.67.